The number of ether oxygens (including phenoxy) is 5. The molecular weight excluding hydrogens is 904 g/mol. The van der Waals surface area contributed by atoms with Gasteiger partial charge in [0.2, 0.25) is 3.79 Å². The molecule has 1 saturated heterocycles. The average molecular weight is 981 g/mol. The maximum Gasteiger partial charge on any atom is 0.588 e. The van der Waals surface area contributed by atoms with E-state index in [2.05, 4.69) is 19.2 Å². The number of carbonyl (C=O) groups is 1. The maximum absolute atomic E-state index is 14.8. The molecule has 0 aromatic heterocycles. The number of carbonyl (C=O) groups excluding carboxylic acids is 1. The Morgan fingerprint density at radius 1 is 0.719 bits per heavy atom. The van der Waals surface area contributed by atoms with Gasteiger partial charge in [0.1, 0.15) is 42.5 Å². The second-order valence-corrected chi connectivity index (χ2v) is 20.6. The van der Waals surface area contributed by atoms with Crippen molar-refractivity contribution >= 4 is 48.7 Å². The van der Waals surface area contributed by atoms with Crippen molar-refractivity contribution in [3.8, 4) is 11.5 Å². The number of aliphatic hydroxyl groups excluding tert-OH is 1. The van der Waals surface area contributed by atoms with Gasteiger partial charge in [-0.1, -0.05) is 201 Å². The number of hydrogen-bond donors (Lipinski definition) is 2. The fourth-order valence-electron chi connectivity index (χ4n) is 7.62. The Morgan fingerprint density at radius 2 is 1.22 bits per heavy atom. The summed E-state index contributed by atoms with van der Waals surface area (Å²) in [7, 11) is -3.13. The minimum atomic E-state index is -4.58. The number of phosphoric acid groups is 1. The Hall–Kier alpha value is -1.83. The van der Waals surface area contributed by atoms with Gasteiger partial charge >= 0.3 is 13.9 Å². The van der Waals surface area contributed by atoms with Gasteiger partial charge in [0.15, 0.2) is 6.29 Å². The number of para-hydroxylation sites is 2. The molecule has 1 heterocycles. The molecule has 2 N–H and O–H groups in total. The summed E-state index contributed by atoms with van der Waals surface area (Å²) in [5.74, 6) is 0.422. The summed E-state index contributed by atoms with van der Waals surface area (Å²) in [6.07, 6.45) is 18.3. The van der Waals surface area contributed by atoms with Gasteiger partial charge in [-0.15, -0.1) is 0 Å². The third kappa shape index (κ3) is 24.8. The Kier molecular flexibility index (Phi) is 29.7. The van der Waals surface area contributed by atoms with Crippen LogP contribution in [0.3, 0.4) is 0 Å². The van der Waals surface area contributed by atoms with E-state index in [-0.39, 0.29) is 30.8 Å². The molecule has 3 rings (SSSR count). The number of methoxy groups -OCH3 is 1. The van der Waals surface area contributed by atoms with Crippen LogP contribution in [0, 0.1) is 0 Å². The van der Waals surface area contributed by atoms with Crippen molar-refractivity contribution in [2.45, 2.75) is 189 Å². The highest BCUT2D eigenvalue weighted by molar-refractivity contribution is 7.49. The van der Waals surface area contributed by atoms with E-state index in [0.717, 1.165) is 32.1 Å². The van der Waals surface area contributed by atoms with Gasteiger partial charge in [-0.05, 0) is 43.5 Å². The predicted molar refractivity (Wildman–Crippen MR) is 256 cm³/mol. The van der Waals surface area contributed by atoms with Crippen molar-refractivity contribution in [2.24, 2.45) is 0 Å². The van der Waals surface area contributed by atoms with Crippen LogP contribution in [0.2, 0.25) is 0 Å². The summed E-state index contributed by atoms with van der Waals surface area (Å²) in [6.45, 7) is 4.56. The lowest BCUT2D eigenvalue weighted by atomic mass is 9.96. The van der Waals surface area contributed by atoms with Crippen molar-refractivity contribution in [3.63, 3.8) is 0 Å². The van der Waals surface area contributed by atoms with Crippen molar-refractivity contribution in [3.05, 3.63) is 60.7 Å². The number of alkyl halides is 3. The van der Waals surface area contributed by atoms with Crippen LogP contribution in [0.15, 0.2) is 60.7 Å². The number of hydrogen-bond acceptors (Lipinski definition) is 11. The quantitative estimate of drug-likeness (QED) is 0.0383. The molecule has 1 fully saturated rings. The van der Waals surface area contributed by atoms with Crippen molar-refractivity contribution in [1.82, 2.24) is 5.32 Å². The molecule has 0 unspecified atom stereocenters. The number of halogens is 3. The first-order chi connectivity index (χ1) is 31.0. The molecule has 6 atom stereocenters. The van der Waals surface area contributed by atoms with Gasteiger partial charge in [-0.2, -0.15) is 0 Å². The first-order valence-corrected chi connectivity index (χ1v) is 26.4. The number of alkyl carbamates (subject to hydrolysis) is 1. The second-order valence-electron chi connectivity index (χ2n) is 16.6. The number of benzene rings is 2. The van der Waals surface area contributed by atoms with E-state index < -0.39 is 55.0 Å². The van der Waals surface area contributed by atoms with E-state index in [9.17, 15) is 14.5 Å². The van der Waals surface area contributed by atoms with Crippen LogP contribution in [-0.4, -0.2) is 85.3 Å². The average Bonchev–Trinajstić information content (AvgIpc) is 3.26. The van der Waals surface area contributed by atoms with Gasteiger partial charge in [0, 0.05) is 20.3 Å². The highest BCUT2D eigenvalue weighted by atomic mass is 35.6. The molecule has 0 saturated carbocycles. The molecule has 1 aliphatic heterocycles. The standard InChI is InChI=1S/C48H77Cl3NO11P/c1-4-6-8-10-12-14-16-18-20-28-35-57-39(29-23-19-17-15-13-11-9-7-5-2)34-36-58-45-43(52-47(54)59-38-48(49,50)51)46(53)60-42(37-56-3)44(45)63-64(55,61-40-30-24-21-25-31-40)62-41-32-26-22-27-33-41/h21-22,24-27,30-33,39,42-46,53H,4-20,23,28-29,34-38H2,1-3H3,(H,52,54)/t39-,42-,43-,44-,45-,46+/m1/s1. The SMILES string of the molecule is CCCCCCCCCCCCO[C@H](CCCCCCCCCCC)CCO[C@@H]1[C@@H](NC(=O)OCC(Cl)(Cl)Cl)[C@@H](O)O[C@H](COC)[C@H]1OP(=O)(Oc1ccccc1)Oc1ccccc1. The Bertz CT molecular complexity index is 1470. The minimum absolute atomic E-state index is 0.100. The van der Waals surface area contributed by atoms with E-state index in [1.54, 1.807) is 60.7 Å². The molecule has 2 aromatic carbocycles. The zero-order chi connectivity index (χ0) is 46.3. The van der Waals surface area contributed by atoms with Gasteiger partial charge < -0.3 is 43.2 Å². The monoisotopic (exact) mass is 979 g/mol. The molecule has 16 heteroatoms. The molecule has 64 heavy (non-hydrogen) atoms. The fraction of sp³-hybridized carbons (Fsp3) is 0.729. The van der Waals surface area contributed by atoms with Gasteiger partial charge in [0.05, 0.1) is 12.7 Å². The Labute approximate surface area is 398 Å². The minimum Gasteiger partial charge on any atom is -0.445 e. The largest absolute Gasteiger partial charge is 0.588 e. The number of amides is 1. The number of aliphatic hydroxyl groups is 1. The maximum atomic E-state index is 14.8. The summed E-state index contributed by atoms with van der Waals surface area (Å²) in [4.78, 5) is 13.1. The molecule has 1 aliphatic rings. The topological polar surface area (TPSA) is 140 Å². The number of phosphoric ester groups is 1. The molecule has 0 spiro atoms. The molecule has 366 valence electrons. The molecule has 12 nitrogen and oxygen atoms in total. The normalized spacial score (nSPS) is 19.6. The second kappa shape index (κ2) is 33.6. The van der Waals surface area contributed by atoms with Crippen LogP contribution in [0.4, 0.5) is 4.79 Å². The number of nitrogens with one attached hydrogen (secondary N) is 1. The summed E-state index contributed by atoms with van der Waals surface area (Å²) in [5, 5.41) is 14.0. The van der Waals surface area contributed by atoms with Crippen LogP contribution in [0.5, 0.6) is 11.5 Å². The van der Waals surface area contributed by atoms with Crippen molar-refractivity contribution in [2.75, 3.05) is 33.5 Å². The third-order valence-corrected chi connectivity index (χ3v) is 12.7. The lowest BCUT2D eigenvalue weighted by Crippen LogP contribution is -2.65. The van der Waals surface area contributed by atoms with E-state index in [0.29, 0.717) is 13.0 Å². The van der Waals surface area contributed by atoms with Crippen LogP contribution in [0.1, 0.15) is 149 Å². The summed E-state index contributed by atoms with van der Waals surface area (Å²) < 4.78 is 60.9. The van der Waals surface area contributed by atoms with E-state index in [1.165, 1.54) is 103 Å². The predicted octanol–water partition coefficient (Wildman–Crippen LogP) is 13.5. The zero-order valence-corrected chi connectivity index (χ0v) is 41.7. The molecule has 0 aliphatic carbocycles. The number of unbranched alkanes of at least 4 members (excludes halogenated alkanes) is 17. The van der Waals surface area contributed by atoms with E-state index in [1.807, 2.05) is 0 Å². The van der Waals surface area contributed by atoms with Crippen LogP contribution in [-0.2, 0) is 32.8 Å². The van der Waals surface area contributed by atoms with Crippen LogP contribution < -0.4 is 14.4 Å². The molecular formula is C48H77Cl3NO11P. The summed E-state index contributed by atoms with van der Waals surface area (Å²) in [5.41, 5.74) is 0. The lowest BCUT2D eigenvalue weighted by molar-refractivity contribution is -0.259. The highest BCUT2D eigenvalue weighted by Crippen LogP contribution is 2.52. The Morgan fingerprint density at radius 3 is 1.72 bits per heavy atom. The molecule has 1 amide bonds. The van der Waals surface area contributed by atoms with Crippen molar-refractivity contribution < 1.29 is 51.7 Å². The van der Waals surface area contributed by atoms with Crippen molar-refractivity contribution in [1.29, 1.82) is 0 Å². The lowest BCUT2D eigenvalue weighted by Gasteiger charge is -2.44. The van der Waals surface area contributed by atoms with Crippen LogP contribution in [0.25, 0.3) is 0 Å². The first-order valence-electron chi connectivity index (χ1n) is 23.8. The zero-order valence-electron chi connectivity index (χ0n) is 38.5. The molecule has 0 radical (unpaired) electrons. The first kappa shape index (κ1) is 56.5. The van der Waals surface area contributed by atoms with Crippen LogP contribution >= 0.6 is 42.6 Å². The molecule has 2 aromatic rings. The van der Waals surface area contributed by atoms with E-state index >= 15 is 0 Å². The summed E-state index contributed by atoms with van der Waals surface area (Å²) in [6, 6.07) is 15.6. The summed E-state index contributed by atoms with van der Waals surface area (Å²) >= 11 is 17.6. The van der Waals surface area contributed by atoms with E-state index in [4.69, 9.17) is 72.1 Å². The van der Waals surface area contributed by atoms with Gasteiger partial charge in [-0.3, -0.25) is 4.52 Å². The van der Waals surface area contributed by atoms with Gasteiger partial charge in [0.25, 0.3) is 0 Å². The Balaban J connectivity index is 1.80. The highest BCUT2D eigenvalue weighted by Gasteiger charge is 2.52. The fourth-order valence-corrected chi connectivity index (χ4v) is 9.22. The smallest absolute Gasteiger partial charge is 0.445 e. The third-order valence-electron chi connectivity index (χ3n) is 11.1. The number of rotatable bonds is 36. The van der Waals surface area contributed by atoms with Gasteiger partial charge in [-0.25, -0.2) is 9.36 Å². The molecule has 0 bridgehead atoms.